The Morgan fingerprint density at radius 3 is 0.855 bits per heavy atom. The first kappa shape index (κ1) is 81.1. The molecule has 0 rings (SSSR count). The number of hydrogen-bond donors (Lipinski definition) is 3. The molecule has 2 atom stereocenters. The Morgan fingerprint density at radius 2 is 0.566 bits per heavy atom. The van der Waals surface area contributed by atoms with Gasteiger partial charge in [0.25, 0.3) is 0 Å². The van der Waals surface area contributed by atoms with Gasteiger partial charge in [-0.2, -0.15) is 0 Å². The number of aliphatic hydroxyl groups is 2. The van der Waals surface area contributed by atoms with Crippen molar-refractivity contribution < 1.29 is 24.5 Å². The lowest BCUT2D eigenvalue weighted by molar-refractivity contribution is -0.143. The van der Waals surface area contributed by atoms with E-state index in [1.54, 1.807) is 6.08 Å². The topological polar surface area (TPSA) is 95.9 Å². The largest absolute Gasteiger partial charge is 0.466 e. The third kappa shape index (κ3) is 69.1. The zero-order valence-electron chi connectivity index (χ0n) is 56.2. The first-order chi connectivity index (χ1) is 41.0. The van der Waals surface area contributed by atoms with E-state index in [4.69, 9.17) is 4.74 Å². The molecule has 490 valence electrons. The highest BCUT2D eigenvalue weighted by atomic mass is 16.5. The number of esters is 1. The van der Waals surface area contributed by atoms with Crippen LogP contribution < -0.4 is 5.32 Å². The normalized spacial score (nSPS) is 12.7. The van der Waals surface area contributed by atoms with Crippen LogP contribution in [-0.4, -0.2) is 47.4 Å². The van der Waals surface area contributed by atoms with E-state index in [1.165, 1.54) is 347 Å². The quantitative estimate of drug-likeness (QED) is 0.0320. The first-order valence-corrected chi connectivity index (χ1v) is 37.8. The SMILES string of the molecule is CCCCCCCC/C=C\CCCCCCCC(=O)OCCCCCCCCCCCCCC/C=C\CCCCCCCCCCCCCCCCC(=O)NC(CO)C(O)/C=C/CCCCCCCCCCCCCCCCCCCCC. The summed E-state index contributed by atoms with van der Waals surface area (Å²) in [4.78, 5) is 24.6. The molecule has 0 aliphatic carbocycles. The molecule has 2 unspecified atom stereocenters. The molecule has 83 heavy (non-hydrogen) atoms. The van der Waals surface area contributed by atoms with E-state index < -0.39 is 12.1 Å². The third-order valence-corrected chi connectivity index (χ3v) is 17.6. The fourth-order valence-electron chi connectivity index (χ4n) is 11.9. The molecule has 0 aromatic heterocycles. The number of carbonyl (C=O) groups is 2. The minimum Gasteiger partial charge on any atom is -0.466 e. The number of nitrogens with one attached hydrogen (secondary N) is 1. The van der Waals surface area contributed by atoms with Gasteiger partial charge in [0, 0.05) is 12.8 Å². The van der Waals surface area contributed by atoms with Crippen molar-refractivity contribution in [2.75, 3.05) is 13.2 Å². The molecule has 6 heteroatoms. The summed E-state index contributed by atoms with van der Waals surface area (Å²) >= 11 is 0. The van der Waals surface area contributed by atoms with Crippen LogP contribution in [0.4, 0.5) is 0 Å². The predicted molar refractivity (Wildman–Crippen MR) is 366 cm³/mol. The van der Waals surface area contributed by atoms with Crippen molar-refractivity contribution in [3.63, 3.8) is 0 Å². The van der Waals surface area contributed by atoms with Crippen LogP contribution in [0.25, 0.3) is 0 Å². The van der Waals surface area contributed by atoms with Crippen LogP contribution in [0.3, 0.4) is 0 Å². The van der Waals surface area contributed by atoms with E-state index in [0.717, 1.165) is 44.9 Å². The Balaban J connectivity index is 3.39. The third-order valence-electron chi connectivity index (χ3n) is 17.6. The van der Waals surface area contributed by atoms with Crippen LogP contribution in [0, 0.1) is 0 Å². The zero-order valence-corrected chi connectivity index (χ0v) is 56.2. The van der Waals surface area contributed by atoms with Crippen molar-refractivity contribution in [2.45, 2.75) is 431 Å². The van der Waals surface area contributed by atoms with Crippen LogP contribution >= 0.6 is 0 Å². The zero-order chi connectivity index (χ0) is 59.9. The van der Waals surface area contributed by atoms with Gasteiger partial charge in [-0.1, -0.05) is 359 Å². The number of allylic oxidation sites excluding steroid dienone is 5. The lowest BCUT2D eigenvalue weighted by Crippen LogP contribution is -2.45. The molecule has 6 nitrogen and oxygen atoms in total. The van der Waals surface area contributed by atoms with Crippen LogP contribution in [0.5, 0.6) is 0 Å². The summed E-state index contributed by atoms with van der Waals surface area (Å²) in [5.41, 5.74) is 0. The Hall–Kier alpha value is -1.92. The van der Waals surface area contributed by atoms with Gasteiger partial charge in [0.15, 0.2) is 0 Å². The van der Waals surface area contributed by atoms with Gasteiger partial charge in [0.1, 0.15) is 0 Å². The minimum absolute atomic E-state index is 0.00946. The van der Waals surface area contributed by atoms with Crippen molar-refractivity contribution in [3.8, 4) is 0 Å². The molecule has 0 aliphatic heterocycles. The number of hydrogen-bond acceptors (Lipinski definition) is 5. The Kier molecular flexibility index (Phi) is 70.9. The van der Waals surface area contributed by atoms with Crippen molar-refractivity contribution >= 4 is 11.9 Å². The van der Waals surface area contributed by atoms with Crippen LogP contribution in [0.2, 0.25) is 0 Å². The smallest absolute Gasteiger partial charge is 0.305 e. The Morgan fingerprint density at radius 1 is 0.325 bits per heavy atom. The van der Waals surface area contributed by atoms with Gasteiger partial charge in [-0.05, 0) is 83.5 Å². The molecule has 0 aliphatic rings. The number of carbonyl (C=O) groups excluding carboxylic acids is 2. The number of rotatable bonds is 71. The van der Waals surface area contributed by atoms with Gasteiger partial charge in [0.05, 0.1) is 25.4 Å². The number of aliphatic hydroxyl groups excluding tert-OH is 2. The van der Waals surface area contributed by atoms with Gasteiger partial charge < -0.3 is 20.3 Å². The van der Waals surface area contributed by atoms with Crippen molar-refractivity contribution in [1.29, 1.82) is 0 Å². The number of unbranched alkanes of at least 4 members (excludes halogenated alkanes) is 56. The van der Waals surface area contributed by atoms with Crippen LogP contribution in [-0.2, 0) is 14.3 Å². The molecule has 3 N–H and O–H groups in total. The fourth-order valence-corrected chi connectivity index (χ4v) is 11.9. The molecule has 0 aromatic rings. The Labute approximate surface area is 519 Å². The molecule has 0 bridgehead atoms. The molecule has 0 spiro atoms. The molecule has 0 heterocycles. The lowest BCUT2D eigenvalue weighted by atomic mass is 10.0. The average Bonchev–Trinajstić information content (AvgIpc) is 3.49. The number of ether oxygens (including phenoxy) is 1. The lowest BCUT2D eigenvalue weighted by Gasteiger charge is -2.20. The van der Waals surface area contributed by atoms with Crippen molar-refractivity contribution in [2.24, 2.45) is 0 Å². The monoisotopic (exact) mass is 1170 g/mol. The number of amides is 1. The summed E-state index contributed by atoms with van der Waals surface area (Å²) in [6.07, 6.45) is 93.9. The highest BCUT2D eigenvalue weighted by Crippen LogP contribution is 2.19. The second kappa shape index (κ2) is 72.6. The maximum atomic E-state index is 12.5. The van der Waals surface area contributed by atoms with Gasteiger partial charge in [-0.15, -0.1) is 0 Å². The molecule has 1 amide bonds. The molecular formula is C77H147NO5. The highest BCUT2D eigenvalue weighted by Gasteiger charge is 2.18. The van der Waals surface area contributed by atoms with Gasteiger partial charge in [-0.3, -0.25) is 9.59 Å². The maximum Gasteiger partial charge on any atom is 0.305 e. The van der Waals surface area contributed by atoms with Crippen LogP contribution in [0.1, 0.15) is 418 Å². The van der Waals surface area contributed by atoms with Gasteiger partial charge >= 0.3 is 5.97 Å². The molecule has 0 aromatic carbocycles. The van der Waals surface area contributed by atoms with E-state index in [9.17, 15) is 19.8 Å². The Bertz CT molecular complexity index is 1340. The van der Waals surface area contributed by atoms with Crippen LogP contribution in [0.15, 0.2) is 36.5 Å². The average molecular weight is 1170 g/mol. The maximum absolute atomic E-state index is 12.5. The summed E-state index contributed by atoms with van der Waals surface area (Å²) in [6, 6.07) is -0.628. The summed E-state index contributed by atoms with van der Waals surface area (Å²) in [7, 11) is 0. The summed E-state index contributed by atoms with van der Waals surface area (Å²) in [6.45, 7) is 4.94. The van der Waals surface area contributed by atoms with Gasteiger partial charge in [-0.25, -0.2) is 0 Å². The second-order valence-corrected chi connectivity index (χ2v) is 26.0. The second-order valence-electron chi connectivity index (χ2n) is 26.0. The summed E-state index contributed by atoms with van der Waals surface area (Å²) < 4.78 is 5.49. The van der Waals surface area contributed by atoms with Crippen molar-refractivity contribution in [3.05, 3.63) is 36.5 Å². The molecule has 0 fully saturated rings. The van der Waals surface area contributed by atoms with E-state index >= 15 is 0 Å². The van der Waals surface area contributed by atoms with E-state index in [2.05, 4.69) is 43.5 Å². The minimum atomic E-state index is -0.845. The summed E-state index contributed by atoms with van der Waals surface area (Å²) in [5.74, 6) is -0.0530. The first-order valence-electron chi connectivity index (χ1n) is 37.8. The van der Waals surface area contributed by atoms with E-state index in [-0.39, 0.29) is 18.5 Å². The molecular weight excluding hydrogens is 1020 g/mol. The molecule has 0 saturated heterocycles. The predicted octanol–water partition coefficient (Wildman–Crippen LogP) is 24.7. The fraction of sp³-hybridized carbons (Fsp3) is 0.896. The molecule has 0 radical (unpaired) electrons. The van der Waals surface area contributed by atoms with E-state index in [0.29, 0.717) is 19.4 Å². The summed E-state index contributed by atoms with van der Waals surface area (Å²) in [5, 5.41) is 23.3. The standard InChI is InChI=1S/C77H147NO5/c1-3-5-7-9-11-13-15-17-19-20-21-32-35-38-42-45-49-53-57-61-65-69-75(80)74(73-79)78-76(81)70-66-62-58-54-50-46-43-39-36-33-30-28-26-24-22-23-25-27-29-31-34-37-40-44-48-52-56-60-64-68-72-83-77(82)71-67-63-59-55-51-47-41-18-16-14-12-10-8-6-4-2/h18,23,25,41,65,69,74-75,79-80H,3-17,19-22,24,26-40,42-64,66-68,70-73H2,1-2H3,(H,78,81)/b25-23-,41-18-,69-65+. The van der Waals surface area contributed by atoms with Gasteiger partial charge in [0.2, 0.25) is 5.91 Å². The highest BCUT2D eigenvalue weighted by molar-refractivity contribution is 5.76. The molecule has 0 saturated carbocycles. The van der Waals surface area contributed by atoms with E-state index in [1.807, 2.05) is 6.08 Å². The van der Waals surface area contributed by atoms with Crippen molar-refractivity contribution in [1.82, 2.24) is 5.32 Å².